The van der Waals surface area contributed by atoms with Gasteiger partial charge in [-0.2, -0.15) is 0 Å². The van der Waals surface area contributed by atoms with Gasteiger partial charge in [0.2, 0.25) is 0 Å². The van der Waals surface area contributed by atoms with E-state index in [1.807, 2.05) is 18.3 Å². The van der Waals surface area contributed by atoms with Crippen LogP contribution in [0.15, 0.2) is 48.7 Å². The summed E-state index contributed by atoms with van der Waals surface area (Å²) in [7, 11) is 0. The van der Waals surface area contributed by atoms with Crippen molar-refractivity contribution in [2.24, 2.45) is 0 Å². The highest BCUT2D eigenvalue weighted by Gasteiger charge is 2.25. The number of aromatic nitrogens is 1. The van der Waals surface area contributed by atoms with E-state index in [9.17, 15) is 9.18 Å². The van der Waals surface area contributed by atoms with Crippen molar-refractivity contribution in [2.75, 3.05) is 6.54 Å². The largest absolute Gasteiger partial charge is 0.313 e. The van der Waals surface area contributed by atoms with Gasteiger partial charge in [0.15, 0.2) is 5.78 Å². The van der Waals surface area contributed by atoms with Crippen molar-refractivity contribution in [3.05, 3.63) is 76.9 Å². The predicted molar refractivity (Wildman–Crippen MR) is 96.5 cm³/mol. The Morgan fingerprint density at radius 3 is 2.76 bits per heavy atom. The van der Waals surface area contributed by atoms with Crippen molar-refractivity contribution in [2.45, 2.75) is 32.2 Å². The van der Waals surface area contributed by atoms with E-state index in [2.05, 4.69) is 15.8 Å². The zero-order valence-corrected chi connectivity index (χ0v) is 14.1. The first-order valence-corrected chi connectivity index (χ1v) is 8.83. The maximum atomic E-state index is 13.0. The standard InChI is InChI=1S/C21H21FN2O/c22-16-9-7-15(8-10-16)14-23-12-11-17-18-4-3-6-20(25)21(18)24-13-2-1-5-19(17)24/h1-2,5,7-10,13,23H,3-4,6,11-12,14H2. The Balaban J connectivity index is 1.51. The lowest BCUT2D eigenvalue weighted by Crippen LogP contribution is -2.18. The molecule has 0 saturated heterocycles. The molecule has 0 radical (unpaired) electrons. The fraction of sp³-hybridized carbons (Fsp3) is 0.286. The van der Waals surface area contributed by atoms with Gasteiger partial charge >= 0.3 is 0 Å². The number of nitrogens with zero attached hydrogens (tertiary/aromatic N) is 1. The third kappa shape index (κ3) is 3.10. The molecule has 4 heteroatoms. The number of rotatable bonds is 5. The average Bonchev–Trinajstić information content (AvgIpc) is 2.95. The molecule has 1 aliphatic carbocycles. The molecule has 0 unspecified atom stereocenters. The molecule has 0 spiro atoms. The van der Waals surface area contributed by atoms with Crippen molar-refractivity contribution in [1.82, 2.24) is 9.72 Å². The Morgan fingerprint density at radius 2 is 1.92 bits per heavy atom. The minimum atomic E-state index is -0.208. The van der Waals surface area contributed by atoms with Gasteiger partial charge in [-0.05, 0) is 66.8 Å². The van der Waals surface area contributed by atoms with Crippen LogP contribution in [0.1, 0.15) is 40.0 Å². The monoisotopic (exact) mass is 336 g/mol. The molecule has 0 atom stereocenters. The Morgan fingerprint density at radius 1 is 1.08 bits per heavy atom. The predicted octanol–water partition coefficient (Wildman–Crippen LogP) is 3.93. The van der Waals surface area contributed by atoms with Gasteiger partial charge in [0.25, 0.3) is 0 Å². The highest BCUT2D eigenvalue weighted by molar-refractivity contribution is 5.99. The molecule has 128 valence electrons. The average molecular weight is 336 g/mol. The number of benzene rings is 1. The van der Waals surface area contributed by atoms with Crippen LogP contribution in [0, 0.1) is 5.82 Å². The van der Waals surface area contributed by atoms with Crippen molar-refractivity contribution in [3.63, 3.8) is 0 Å². The smallest absolute Gasteiger partial charge is 0.179 e. The second kappa shape index (κ2) is 6.81. The second-order valence-corrected chi connectivity index (χ2v) is 6.59. The van der Waals surface area contributed by atoms with E-state index in [4.69, 9.17) is 0 Å². The third-order valence-corrected chi connectivity index (χ3v) is 4.95. The maximum absolute atomic E-state index is 13.0. The van der Waals surface area contributed by atoms with Gasteiger partial charge in [0.05, 0.1) is 5.69 Å². The van der Waals surface area contributed by atoms with Gasteiger partial charge in [0, 0.05) is 24.7 Å². The molecule has 0 bridgehead atoms. The summed E-state index contributed by atoms with van der Waals surface area (Å²) >= 11 is 0. The number of fused-ring (bicyclic) bond motifs is 3. The van der Waals surface area contributed by atoms with E-state index >= 15 is 0 Å². The summed E-state index contributed by atoms with van der Waals surface area (Å²) in [5.74, 6) is 0.0493. The molecule has 25 heavy (non-hydrogen) atoms. The summed E-state index contributed by atoms with van der Waals surface area (Å²) in [6, 6.07) is 12.7. The minimum absolute atomic E-state index is 0.208. The number of ketones is 1. The molecule has 3 nitrogen and oxygen atoms in total. The second-order valence-electron chi connectivity index (χ2n) is 6.59. The number of halogens is 1. The van der Waals surface area contributed by atoms with Crippen molar-refractivity contribution in [3.8, 4) is 0 Å². The Kier molecular flexibility index (Phi) is 4.36. The lowest BCUT2D eigenvalue weighted by molar-refractivity contribution is 0.0966. The molecule has 1 aromatic carbocycles. The van der Waals surface area contributed by atoms with Crippen molar-refractivity contribution < 1.29 is 9.18 Å². The first-order valence-electron chi connectivity index (χ1n) is 8.83. The fourth-order valence-electron chi connectivity index (χ4n) is 3.77. The molecular weight excluding hydrogens is 315 g/mol. The molecule has 4 rings (SSSR count). The van der Waals surface area contributed by atoms with Gasteiger partial charge in [0.1, 0.15) is 5.82 Å². The van der Waals surface area contributed by atoms with E-state index in [0.29, 0.717) is 13.0 Å². The van der Waals surface area contributed by atoms with Crippen LogP contribution in [0.2, 0.25) is 0 Å². The topological polar surface area (TPSA) is 33.5 Å². The van der Waals surface area contributed by atoms with E-state index in [-0.39, 0.29) is 11.6 Å². The number of carbonyl (C=O) groups is 1. The minimum Gasteiger partial charge on any atom is -0.313 e. The molecule has 0 saturated carbocycles. The molecule has 0 aliphatic heterocycles. The number of carbonyl (C=O) groups excluding carboxylic acids is 1. The Hall–Kier alpha value is -2.46. The van der Waals surface area contributed by atoms with Crippen LogP contribution in [0.25, 0.3) is 5.52 Å². The van der Waals surface area contributed by atoms with Gasteiger partial charge in [-0.25, -0.2) is 4.39 Å². The number of hydrogen-bond acceptors (Lipinski definition) is 2. The lowest BCUT2D eigenvalue weighted by atomic mass is 9.92. The number of pyridine rings is 1. The fourth-order valence-corrected chi connectivity index (χ4v) is 3.77. The third-order valence-electron chi connectivity index (χ3n) is 4.95. The number of nitrogens with one attached hydrogen (secondary N) is 1. The van der Waals surface area contributed by atoms with Crippen LogP contribution in [0.5, 0.6) is 0 Å². The highest BCUT2D eigenvalue weighted by atomic mass is 19.1. The normalized spacial score (nSPS) is 14.0. The quantitative estimate of drug-likeness (QED) is 0.716. The van der Waals surface area contributed by atoms with Gasteiger partial charge < -0.3 is 9.72 Å². The Bertz CT molecular complexity index is 912. The highest BCUT2D eigenvalue weighted by Crippen LogP contribution is 2.30. The van der Waals surface area contributed by atoms with Crippen LogP contribution in [-0.2, 0) is 19.4 Å². The van der Waals surface area contributed by atoms with E-state index < -0.39 is 0 Å². The molecule has 1 aliphatic rings. The number of Topliss-reactive ketones (excluding diaryl/α,β-unsaturated/α-hetero) is 1. The van der Waals surface area contributed by atoms with Crippen molar-refractivity contribution in [1.29, 1.82) is 0 Å². The van der Waals surface area contributed by atoms with Crippen LogP contribution < -0.4 is 5.32 Å². The SMILES string of the molecule is O=C1CCCc2c(CCNCc3ccc(F)cc3)c3ccccn3c21. The molecule has 3 aromatic rings. The molecule has 1 N–H and O–H groups in total. The van der Waals surface area contributed by atoms with Crippen LogP contribution in [-0.4, -0.2) is 16.7 Å². The Labute approximate surface area is 146 Å². The van der Waals surface area contributed by atoms with Crippen LogP contribution >= 0.6 is 0 Å². The van der Waals surface area contributed by atoms with Gasteiger partial charge in [-0.3, -0.25) is 4.79 Å². The van der Waals surface area contributed by atoms with Crippen LogP contribution in [0.4, 0.5) is 4.39 Å². The van der Waals surface area contributed by atoms with Crippen LogP contribution in [0.3, 0.4) is 0 Å². The molecule has 2 aromatic heterocycles. The first kappa shape index (κ1) is 16.0. The lowest BCUT2D eigenvalue weighted by Gasteiger charge is -2.12. The molecule has 2 heterocycles. The summed E-state index contributed by atoms with van der Waals surface area (Å²) in [6.07, 6.45) is 5.45. The summed E-state index contributed by atoms with van der Waals surface area (Å²) in [5, 5.41) is 3.43. The summed E-state index contributed by atoms with van der Waals surface area (Å²) in [6.45, 7) is 1.54. The summed E-state index contributed by atoms with van der Waals surface area (Å²) in [5.41, 5.74) is 5.61. The maximum Gasteiger partial charge on any atom is 0.179 e. The molecular formula is C21H21FN2O. The molecule has 0 fully saturated rings. The zero-order chi connectivity index (χ0) is 17.2. The van der Waals surface area contributed by atoms with Gasteiger partial charge in [-0.15, -0.1) is 0 Å². The first-order chi connectivity index (χ1) is 12.2. The van der Waals surface area contributed by atoms with Crippen molar-refractivity contribution >= 4 is 11.3 Å². The van der Waals surface area contributed by atoms with E-state index in [1.54, 1.807) is 12.1 Å². The van der Waals surface area contributed by atoms with E-state index in [1.165, 1.54) is 23.3 Å². The number of hydrogen-bond donors (Lipinski definition) is 1. The zero-order valence-electron chi connectivity index (χ0n) is 14.1. The van der Waals surface area contributed by atoms with Gasteiger partial charge in [-0.1, -0.05) is 18.2 Å². The summed E-state index contributed by atoms with van der Waals surface area (Å²) in [4.78, 5) is 12.4. The summed E-state index contributed by atoms with van der Waals surface area (Å²) < 4.78 is 15.0. The molecule has 0 amide bonds. The van der Waals surface area contributed by atoms with E-state index in [0.717, 1.165) is 42.6 Å².